The molecular formula is C18H14F2N4O. The van der Waals surface area contributed by atoms with Crippen LogP contribution in [0.25, 0.3) is 16.6 Å². The molecule has 2 heterocycles. The number of benzene rings is 2. The van der Waals surface area contributed by atoms with Gasteiger partial charge >= 0.3 is 0 Å². The molecule has 0 bridgehead atoms. The number of nitrogens with one attached hydrogen (secondary N) is 1. The summed E-state index contributed by atoms with van der Waals surface area (Å²) < 4.78 is 29.3. The fourth-order valence-electron chi connectivity index (χ4n) is 3.08. The Morgan fingerprint density at radius 3 is 2.68 bits per heavy atom. The molecule has 0 atom stereocenters. The van der Waals surface area contributed by atoms with Crippen LogP contribution in [0.15, 0.2) is 48.2 Å². The fraction of sp³-hybridized carbons (Fsp3) is 0.111. The summed E-state index contributed by atoms with van der Waals surface area (Å²) in [6.07, 6.45) is 0. The number of anilines is 1. The highest BCUT2D eigenvalue weighted by atomic mass is 19.1. The van der Waals surface area contributed by atoms with Gasteiger partial charge in [-0.05, 0) is 24.3 Å². The lowest BCUT2D eigenvalue weighted by Gasteiger charge is -2.19. The maximum absolute atomic E-state index is 14.1. The second-order valence-electron chi connectivity index (χ2n) is 5.84. The first-order valence-electron chi connectivity index (χ1n) is 7.63. The molecule has 1 aliphatic heterocycles. The minimum absolute atomic E-state index is 0.0923. The number of halogens is 2. The Bertz CT molecular complexity index is 1050. The molecule has 0 saturated heterocycles. The van der Waals surface area contributed by atoms with Gasteiger partial charge < -0.3 is 14.6 Å². The minimum Gasteiger partial charge on any atom is -0.509 e. The Hall–Kier alpha value is -3.22. The number of aliphatic hydroxyl groups excluding tert-OH is 1. The number of hydrogen-bond acceptors (Lipinski definition) is 3. The molecule has 5 nitrogen and oxygen atoms in total. The number of aromatic nitrogens is 2. The maximum Gasteiger partial charge on any atom is 0.148 e. The van der Waals surface area contributed by atoms with E-state index in [9.17, 15) is 13.9 Å². The monoisotopic (exact) mass is 340 g/mol. The van der Waals surface area contributed by atoms with Crippen molar-refractivity contribution in [2.45, 2.75) is 0 Å². The number of aryl methyl sites for hydroxylation is 1. The van der Waals surface area contributed by atoms with Crippen molar-refractivity contribution in [1.29, 1.82) is 5.41 Å². The Balaban J connectivity index is 1.81. The van der Waals surface area contributed by atoms with E-state index in [0.29, 0.717) is 5.82 Å². The fourth-order valence-corrected chi connectivity index (χ4v) is 3.08. The van der Waals surface area contributed by atoms with E-state index in [-0.39, 0.29) is 29.4 Å². The molecule has 1 aromatic heterocycles. The lowest BCUT2D eigenvalue weighted by atomic mass is 10.2. The van der Waals surface area contributed by atoms with Crippen LogP contribution in [-0.2, 0) is 7.05 Å². The van der Waals surface area contributed by atoms with E-state index in [4.69, 9.17) is 5.41 Å². The summed E-state index contributed by atoms with van der Waals surface area (Å²) in [4.78, 5) is 5.70. The van der Waals surface area contributed by atoms with E-state index >= 15 is 0 Å². The number of fused-ring (bicyclic) bond motifs is 1. The van der Waals surface area contributed by atoms with Gasteiger partial charge in [0.2, 0.25) is 0 Å². The largest absolute Gasteiger partial charge is 0.509 e. The normalized spacial score (nSPS) is 14.8. The SMILES string of the molecule is Cn1c(C2=C(O)CN(c3cc(F)ccc3F)C2=N)nc2ccccc21. The summed E-state index contributed by atoms with van der Waals surface area (Å²) in [5.74, 6) is -1.10. The summed E-state index contributed by atoms with van der Waals surface area (Å²) in [5.41, 5.74) is 1.69. The quantitative estimate of drug-likeness (QED) is 0.749. The first-order valence-corrected chi connectivity index (χ1v) is 7.63. The number of para-hydroxylation sites is 2. The van der Waals surface area contributed by atoms with Gasteiger partial charge in [-0.25, -0.2) is 13.8 Å². The van der Waals surface area contributed by atoms with Gasteiger partial charge in [0.1, 0.15) is 29.1 Å². The molecular weight excluding hydrogens is 326 g/mol. The number of hydrogen-bond donors (Lipinski definition) is 2. The van der Waals surface area contributed by atoms with E-state index in [1.54, 1.807) is 11.6 Å². The molecule has 0 fully saturated rings. The molecule has 0 aliphatic carbocycles. The molecule has 126 valence electrons. The lowest BCUT2D eigenvalue weighted by Crippen LogP contribution is -2.27. The number of nitrogens with zero attached hydrogens (tertiary/aromatic N) is 3. The topological polar surface area (TPSA) is 65.1 Å². The van der Waals surface area contributed by atoms with Crippen LogP contribution >= 0.6 is 0 Å². The minimum atomic E-state index is -0.662. The molecule has 1 aliphatic rings. The zero-order valence-corrected chi connectivity index (χ0v) is 13.3. The highest BCUT2D eigenvalue weighted by molar-refractivity contribution is 6.30. The Morgan fingerprint density at radius 2 is 1.92 bits per heavy atom. The first-order chi connectivity index (χ1) is 12.0. The number of amidine groups is 1. The predicted molar refractivity (Wildman–Crippen MR) is 91.7 cm³/mol. The van der Waals surface area contributed by atoms with Crippen molar-refractivity contribution in [3.8, 4) is 0 Å². The van der Waals surface area contributed by atoms with E-state index < -0.39 is 11.6 Å². The molecule has 2 aromatic carbocycles. The van der Waals surface area contributed by atoms with Crippen molar-refractivity contribution >= 4 is 28.1 Å². The van der Waals surface area contributed by atoms with Crippen LogP contribution in [0, 0.1) is 17.0 Å². The Kier molecular flexibility index (Phi) is 3.31. The third kappa shape index (κ3) is 2.27. The number of imidazole rings is 1. The van der Waals surface area contributed by atoms with Gasteiger partial charge in [-0.1, -0.05) is 12.1 Å². The van der Waals surface area contributed by atoms with Crippen LogP contribution in [0.4, 0.5) is 14.5 Å². The summed E-state index contributed by atoms with van der Waals surface area (Å²) in [6, 6.07) is 10.5. The standard InChI is InChI=1S/C18H14F2N4O/c1-23-13-5-3-2-4-12(13)22-18(23)16-15(25)9-24(17(16)21)14-8-10(19)6-7-11(14)20/h2-8,21,25H,9H2,1H3. The molecule has 2 N–H and O–H groups in total. The number of aliphatic hydroxyl groups is 1. The predicted octanol–water partition coefficient (Wildman–Crippen LogP) is 3.62. The average Bonchev–Trinajstić information content (AvgIpc) is 3.07. The first kappa shape index (κ1) is 15.3. The summed E-state index contributed by atoms with van der Waals surface area (Å²) in [6.45, 7) is -0.113. The smallest absolute Gasteiger partial charge is 0.148 e. The average molecular weight is 340 g/mol. The van der Waals surface area contributed by atoms with Crippen molar-refractivity contribution in [3.05, 3.63) is 65.7 Å². The summed E-state index contributed by atoms with van der Waals surface area (Å²) in [5, 5.41) is 18.8. The molecule has 0 saturated carbocycles. The van der Waals surface area contributed by atoms with Crippen molar-refractivity contribution in [3.63, 3.8) is 0 Å². The van der Waals surface area contributed by atoms with Gasteiger partial charge in [-0.15, -0.1) is 0 Å². The molecule has 0 spiro atoms. The zero-order valence-electron chi connectivity index (χ0n) is 13.3. The van der Waals surface area contributed by atoms with Crippen molar-refractivity contribution in [2.75, 3.05) is 11.4 Å². The van der Waals surface area contributed by atoms with Gasteiger partial charge in [0.15, 0.2) is 0 Å². The van der Waals surface area contributed by atoms with Gasteiger partial charge in [-0.3, -0.25) is 5.41 Å². The third-order valence-electron chi connectivity index (χ3n) is 4.31. The molecule has 7 heteroatoms. The second-order valence-corrected chi connectivity index (χ2v) is 5.84. The molecule has 4 rings (SSSR count). The van der Waals surface area contributed by atoms with E-state index in [1.807, 2.05) is 24.3 Å². The zero-order chi connectivity index (χ0) is 17.7. The van der Waals surface area contributed by atoms with Gasteiger partial charge in [0.05, 0.1) is 28.8 Å². The van der Waals surface area contributed by atoms with Crippen LogP contribution in [0.2, 0.25) is 0 Å². The molecule has 0 amide bonds. The third-order valence-corrected chi connectivity index (χ3v) is 4.31. The molecule has 25 heavy (non-hydrogen) atoms. The van der Waals surface area contributed by atoms with Crippen LogP contribution in [0.1, 0.15) is 5.82 Å². The lowest BCUT2D eigenvalue weighted by molar-refractivity contribution is 0.410. The highest BCUT2D eigenvalue weighted by Gasteiger charge is 2.33. The number of rotatable bonds is 2. The summed E-state index contributed by atoms with van der Waals surface area (Å²) >= 11 is 0. The van der Waals surface area contributed by atoms with Gasteiger partial charge in [0.25, 0.3) is 0 Å². The van der Waals surface area contributed by atoms with Crippen LogP contribution in [0.5, 0.6) is 0 Å². The molecule has 0 radical (unpaired) electrons. The maximum atomic E-state index is 14.1. The van der Waals surface area contributed by atoms with Crippen molar-refractivity contribution in [1.82, 2.24) is 9.55 Å². The van der Waals surface area contributed by atoms with E-state index in [2.05, 4.69) is 4.98 Å². The van der Waals surface area contributed by atoms with Crippen molar-refractivity contribution < 1.29 is 13.9 Å². The Morgan fingerprint density at radius 1 is 1.16 bits per heavy atom. The van der Waals surface area contributed by atoms with Crippen LogP contribution in [-0.4, -0.2) is 27.0 Å². The van der Waals surface area contributed by atoms with Gasteiger partial charge in [0, 0.05) is 13.1 Å². The van der Waals surface area contributed by atoms with E-state index in [0.717, 1.165) is 29.2 Å². The summed E-state index contributed by atoms with van der Waals surface area (Å²) in [7, 11) is 1.78. The highest BCUT2D eigenvalue weighted by Crippen LogP contribution is 2.33. The van der Waals surface area contributed by atoms with Crippen molar-refractivity contribution in [2.24, 2.45) is 7.05 Å². The second kappa shape index (κ2) is 5.41. The molecule has 0 unspecified atom stereocenters. The van der Waals surface area contributed by atoms with Gasteiger partial charge in [-0.2, -0.15) is 0 Å². The van der Waals surface area contributed by atoms with E-state index in [1.165, 1.54) is 4.90 Å². The Labute approximate surface area is 142 Å². The molecule has 3 aromatic rings. The van der Waals surface area contributed by atoms with Crippen LogP contribution in [0.3, 0.4) is 0 Å². The van der Waals surface area contributed by atoms with Crippen LogP contribution < -0.4 is 4.90 Å².